The first-order valence-corrected chi connectivity index (χ1v) is 5.74. The third-order valence-corrected chi connectivity index (χ3v) is 2.59. The number of hydrogen-bond donors (Lipinski definition) is 0. The highest BCUT2D eigenvalue weighted by Gasteiger charge is 2.13. The van der Waals surface area contributed by atoms with Gasteiger partial charge in [-0.05, 0) is 42.8 Å². The van der Waals surface area contributed by atoms with Crippen LogP contribution in [0.4, 0.5) is 8.78 Å². The summed E-state index contributed by atoms with van der Waals surface area (Å²) in [7, 11) is 0. The Morgan fingerprint density at radius 1 is 1.16 bits per heavy atom. The van der Waals surface area contributed by atoms with E-state index >= 15 is 0 Å². The first-order chi connectivity index (χ1) is 9.06. The van der Waals surface area contributed by atoms with Gasteiger partial charge >= 0.3 is 0 Å². The van der Waals surface area contributed by atoms with E-state index in [0.29, 0.717) is 5.75 Å². The summed E-state index contributed by atoms with van der Waals surface area (Å²) in [6.07, 6.45) is 0. The maximum Gasteiger partial charge on any atom is 0.203 e. The minimum absolute atomic E-state index is 0.298. The monoisotopic (exact) mass is 262 g/mol. The molecule has 0 unspecified atom stereocenters. The van der Waals surface area contributed by atoms with E-state index in [9.17, 15) is 13.6 Å². The molecule has 0 atom stereocenters. The molecule has 0 aromatic heterocycles. The van der Waals surface area contributed by atoms with E-state index in [1.165, 1.54) is 0 Å². The molecule has 0 spiro atoms. The molecule has 0 N–H and O–H groups in total. The van der Waals surface area contributed by atoms with Crippen molar-refractivity contribution in [1.82, 2.24) is 0 Å². The smallest absolute Gasteiger partial charge is 0.203 e. The zero-order valence-electron chi connectivity index (χ0n) is 10.3. The van der Waals surface area contributed by atoms with E-state index in [1.54, 1.807) is 18.2 Å². The van der Waals surface area contributed by atoms with E-state index < -0.39 is 17.4 Å². The number of ketones is 1. The first kappa shape index (κ1) is 13.2. The summed E-state index contributed by atoms with van der Waals surface area (Å²) < 4.78 is 31.6. The molecule has 0 aliphatic heterocycles. The van der Waals surface area contributed by atoms with Crippen molar-refractivity contribution in [3.63, 3.8) is 0 Å². The summed E-state index contributed by atoms with van der Waals surface area (Å²) in [5, 5.41) is 0. The van der Waals surface area contributed by atoms with Gasteiger partial charge in [-0.1, -0.05) is 12.1 Å². The van der Waals surface area contributed by atoms with Crippen LogP contribution < -0.4 is 4.74 Å². The summed E-state index contributed by atoms with van der Waals surface area (Å²) in [4.78, 5) is 11.7. The van der Waals surface area contributed by atoms with E-state index in [1.807, 2.05) is 13.0 Å². The van der Waals surface area contributed by atoms with Crippen molar-refractivity contribution in [3.8, 4) is 5.75 Å². The molecular weight excluding hydrogens is 250 g/mol. The molecule has 0 radical (unpaired) electrons. The van der Waals surface area contributed by atoms with Gasteiger partial charge in [0.05, 0.1) is 5.56 Å². The second-order valence-electron chi connectivity index (χ2n) is 4.15. The van der Waals surface area contributed by atoms with E-state index in [-0.39, 0.29) is 12.2 Å². The molecule has 4 heteroatoms. The predicted octanol–water partition coefficient (Wildman–Crippen LogP) is 3.53. The number of benzene rings is 2. The number of aryl methyl sites for hydroxylation is 1. The van der Waals surface area contributed by atoms with Crippen LogP contribution in [0.15, 0.2) is 42.5 Å². The lowest BCUT2D eigenvalue weighted by molar-refractivity contribution is 0.0917. The Balaban J connectivity index is 2.07. The summed E-state index contributed by atoms with van der Waals surface area (Å²) in [5.41, 5.74) is 0.689. The second-order valence-corrected chi connectivity index (χ2v) is 4.15. The topological polar surface area (TPSA) is 26.3 Å². The van der Waals surface area contributed by atoms with Crippen LogP contribution in [0.1, 0.15) is 15.9 Å². The molecule has 2 aromatic rings. The molecule has 0 saturated heterocycles. The number of hydrogen-bond acceptors (Lipinski definition) is 2. The Kier molecular flexibility index (Phi) is 3.90. The third kappa shape index (κ3) is 3.37. The maximum absolute atomic E-state index is 13.4. The van der Waals surface area contributed by atoms with Crippen molar-refractivity contribution in [1.29, 1.82) is 0 Å². The summed E-state index contributed by atoms with van der Waals surface area (Å²) >= 11 is 0. The van der Waals surface area contributed by atoms with Crippen molar-refractivity contribution in [2.45, 2.75) is 6.92 Å². The van der Waals surface area contributed by atoms with Gasteiger partial charge in [0, 0.05) is 0 Å². The standard InChI is InChI=1S/C15H12F2O2/c1-10-3-2-4-12(7-10)19-9-15(18)13-8-11(16)5-6-14(13)17/h2-8H,9H2,1H3. The number of rotatable bonds is 4. The van der Waals surface area contributed by atoms with Crippen molar-refractivity contribution in [2.75, 3.05) is 6.61 Å². The quantitative estimate of drug-likeness (QED) is 0.788. The van der Waals surface area contributed by atoms with Crippen LogP contribution >= 0.6 is 0 Å². The molecule has 0 bridgehead atoms. The van der Waals surface area contributed by atoms with Gasteiger partial charge in [-0.15, -0.1) is 0 Å². The van der Waals surface area contributed by atoms with Gasteiger partial charge in [0.25, 0.3) is 0 Å². The zero-order valence-corrected chi connectivity index (χ0v) is 10.3. The lowest BCUT2D eigenvalue weighted by atomic mass is 10.1. The van der Waals surface area contributed by atoms with E-state index in [4.69, 9.17) is 4.74 Å². The average molecular weight is 262 g/mol. The fourth-order valence-electron chi connectivity index (χ4n) is 1.64. The lowest BCUT2D eigenvalue weighted by Crippen LogP contribution is -2.13. The largest absolute Gasteiger partial charge is 0.485 e. The molecule has 0 fully saturated rings. The van der Waals surface area contributed by atoms with Gasteiger partial charge in [0.2, 0.25) is 5.78 Å². The number of halogens is 2. The van der Waals surface area contributed by atoms with E-state index in [2.05, 4.69) is 0 Å². The fourth-order valence-corrected chi connectivity index (χ4v) is 1.64. The number of Topliss-reactive ketones (excluding diaryl/α,β-unsaturated/α-hetero) is 1. The molecule has 2 nitrogen and oxygen atoms in total. The molecule has 0 aliphatic carbocycles. The molecule has 0 saturated carbocycles. The highest BCUT2D eigenvalue weighted by molar-refractivity contribution is 5.97. The molecule has 19 heavy (non-hydrogen) atoms. The van der Waals surface area contributed by atoms with Gasteiger partial charge in [-0.25, -0.2) is 8.78 Å². The highest BCUT2D eigenvalue weighted by atomic mass is 19.1. The van der Waals surface area contributed by atoms with Crippen LogP contribution in [0.3, 0.4) is 0 Å². The Bertz CT molecular complexity index is 609. The molecule has 98 valence electrons. The van der Waals surface area contributed by atoms with Gasteiger partial charge in [-0.3, -0.25) is 4.79 Å². The minimum Gasteiger partial charge on any atom is -0.485 e. The lowest BCUT2D eigenvalue weighted by Gasteiger charge is -2.07. The molecule has 2 aromatic carbocycles. The van der Waals surface area contributed by atoms with Crippen molar-refractivity contribution < 1.29 is 18.3 Å². The predicted molar refractivity (Wildman–Crippen MR) is 67.4 cm³/mol. The van der Waals surface area contributed by atoms with Crippen LogP contribution in [0.2, 0.25) is 0 Å². The summed E-state index contributed by atoms with van der Waals surface area (Å²) in [5.74, 6) is -1.48. The molecule has 0 heterocycles. The van der Waals surface area contributed by atoms with Gasteiger partial charge in [0.1, 0.15) is 17.4 Å². The Morgan fingerprint density at radius 2 is 1.95 bits per heavy atom. The van der Waals surface area contributed by atoms with Crippen molar-refractivity contribution in [3.05, 3.63) is 65.2 Å². The zero-order chi connectivity index (χ0) is 13.8. The number of carbonyl (C=O) groups is 1. The maximum atomic E-state index is 13.4. The number of ether oxygens (including phenoxy) is 1. The van der Waals surface area contributed by atoms with Gasteiger partial charge in [-0.2, -0.15) is 0 Å². The van der Waals surface area contributed by atoms with Gasteiger partial charge in [0.15, 0.2) is 6.61 Å². The fraction of sp³-hybridized carbons (Fsp3) is 0.133. The average Bonchev–Trinajstić information content (AvgIpc) is 2.39. The van der Waals surface area contributed by atoms with Crippen LogP contribution in [-0.4, -0.2) is 12.4 Å². The summed E-state index contributed by atoms with van der Waals surface area (Å²) in [6, 6.07) is 9.90. The molecule has 0 aliphatic rings. The molecular formula is C15H12F2O2. The normalized spacial score (nSPS) is 10.3. The highest BCUT2D eigenvalue weighted by Crippen LogP contribution is 2.14. The Hall–Kier alpha value is -2.23. The second kappa shape index (κ2) is 5.61. The first-order valence-electron chi connectivity index (χ1n) is 5.74. The third-order valence-electron chi connectivity index (χ3n) is 2.59. The number of carbonyl (C=O) groups excluding carboxylic acids is 1. The minimum atomic E-state index is -0.751. The van der Waals surface area contributed by atoms with Crippen molar-refractivity contribution in [2.24, 2.45) is 0 Å². The Labute approximate surface area is 109 Å². The van der Waals surface area contributed by atoms with Crippen LogP contribution in [0, 0.1) is 18.6 Å². The van der Waals surface area contributed by atoms with Crippen molar-refractivity contribution >= 4 is 5.78 Å². The summed E-state index contributed by atoms with van der Waals surface area (Å²) in [6.45, 7) is 1.56. The van der Waals surface area contributed by atoms with Gasteiger partial charge < -0.3 is 4.74 Å². The van der Waals surface area contributed by atoms with E-state index in [0.717, 1.165) is 23.8 Å². The SMILES string of the molecule is Cc1cccc(OCC(=O)c2cc(F)ccc2F)c1. The Morgan fingerprint density at radius 3 is 2.68 bits per heavy atom. The molecule has 2 rings (SSSR count). The van der Waals surface area contributed by atoms with Crippen LogP contribution in [0.25, 0.3) is 0 Å². The van der Waals surface area contributed by atoms with Crippen LogP contribution in [0.5, 0.6) is 5.75 Å². The molecule has 0 amide bonds. The van der Waals surface area contributed by atoms with Crippen LogP contribution in [-0.2, 0) is 0 Å².